The largest absolute Gasteiger partial charge is 0.313 e. The lowest BCUT2D eigenvalue weighted by Gasteiger charge is -2.14. The van der Waals surface area contributed by atoms with Crippen molar-refractivity contribution in [3.63, 3.8) is 0 Å². The zero-order valence-electron chi connectivity index (χ0n) is 8.86. The van der Waals surface area contributed by atoms with Crippen LogP contribution in [0.2, 0.25) is 0 Å². The van der Waals surface area contributed by atoms with E-state index in [1.165, 1.54) is 18.0 Å². The van der Waals surface area contributed by atoms with E-state index in [0.717, 1.165) is 10.9 Å². The maximum absolute atomic E-state index is 4.15. The van der Waals surface area contributed by atoms with Gasteiger partial charge in [-0.15, -0.1) is 0 Å². The Hall–Kier alpha value is -0.130. The first-order chi connectivity index (χ1) is 6.72. The van der Waals surface area contributed by atoms with Gasteiger partial charge in [0, 0.05) is 17.8 Å². The molecule has 80 valence electrons. The summed E-state index contributed by atoms with van der Waals surface area (Å²) in [6.07, 6.45) is 2.79. The Morgan fingerprint density at radius 1 is 1.57 bits per heavy atom. The molecule has 2 atom stereocenters. The number of aromatic nitrogens is 2. The zero-order valence-corrected chi connectivity index (χ0v) is 10.5. The Morgan fingerprint density at radius 3 is 2.93 bits per heavy atom. The van der Waals surface area contributed by atoms with E-state index >= 15 is 0 Å². The van der Waals surface area contributed by atoms with Gasteiger partial charge in [0.25, 0.3) is 0 Å². The van der Waals surface area contributed by atoms with Gasteiger partial charge in [-0.25, -0.2) is 4.98 Å². The molecule has 0 aliphatic heterocycles. The standard InChI is InChI=1S/C9H17N3S2/c1-4-7(2)10-5-8(3)13-9-11-6-12-14-9/h6-8,10H,4-5H2,1-3H3. The first kappa shape index (κ1) is 11.9. The van der Waals surface area contributed by atoms with Crippen LogP contribution in [0.3, 0.4) is 0 Å². The highest BCUT2D eigenvalue weighted by Crippen LogP contribution is 2.22. The molecule has 0 aliphatic carbocycles. The van der Waals surface area contributed by atoms with Crippen molar-refractivity contribution in [1.82, 2.24) is 14.7 Å². The van der Waals surface area contributed by atoms with Gasteiger partial charge in [-0.1, -0.05) is 25.6 Å². The zero-order chi connectivity index (χ0) is 10.4. The van der Waals surface area contributed by atoms with Crippen molar-refractivity contribution >= 4 is 23.3 Å². The van der Waals surface area contributed by atoms with Gasteiger partial charge in [-0.05, 0) is 24.9 Å². The summed E-state index contributed by atoms with van der Waals surface area (Å²) in [5.41, 5.74) is 0. The van der Waals surface area contributed by atoms with E-state index < -0.39 is 0 Å². The van der Waals surface area contributed by atoms with Crippen LogP contribution in [0.1, 0.15) is 27.2 Å². The molecule has 1 aromatic rings. The number of nitrogens with zero attached hydrogens (tertiary/aromatic N) is 2. The molecule has 0 spiro atoms. The Labute approximate surface area is 93.9 Å². The molecule has 0 radical (unpaired) electrons. The number of thioether (sulfide) groups is 1. The van der Waals surface area contributed by atoms with Crippen LogP contribution in [-0.4, -0.2) is 27.2 Å². The predicted molar refractivity (Wildman–Crippen MR) is 63.0 cm³/mol. The average molecular weight is 231 g/mol. The predicted octanol–water partition coefficient (Wildman–Crippen LogP) is 2.41. The summed E-state index contributed by atoms with van der Waals surface area (Å²) < 4.78 is 5.03. The van der Waals surface area contributed by atoms with Crippen LogP contribution in [0, 0.1) is 0 Å². The van der Waals surface area contributed by atoms with Gasteiger partial charge in [-0.2, -0.15) is 4.37 Å². The average Bonchev–Trinajstić information content (AvgIpc) is 2.66. The van der Waals surface area contributed by atoms with Gasteiger partial charge < -0.3 is 5.32 Å². The molecule has 0 aromatic carbocycles. The fourth-order valence-electron chi connectivity index (χ4n) is 0.940. The second-order valence-electron chi connectivity index (χ2n) is 3.35. The Balaban J connectivity index is 2.19. The molecule has 1 heterocycles. The van der Waals surface area contributed by atoms with Gasteiger partial charge in [-0.3, -0.25) is 0 Å². The topological polar surface area (TPSA) is 37.8 Å². The molecule has 3 nitrogen and oxygen atoms in total. The summed E-state index contributed by atoms with van der Waals surface area (Å²) in [4.78, 5) is 4.15. The van der Waals surface area contributed by atoms with Gasteiger partial charge in [0.15, 0.2) is 4.34 Å². The fourth-order valence-corrected chi connectivity index (χ4v) is 2.64. The molecule has 0 saturated carbocycles. The van der Waals surface area contributed by atoms with Gasteiger partial charge in [0.05, 0.1) is 0 Å². The van der Waals surface area contributed by atoms with Crippen molar-refractivity contribution in [3.05, 3.63) is 6.33 Å². The van der Waals surface area contributed by atoms with Crippen LogP contribution < -0.4 is 5.32 Å². The van der Waals surface area contributed by atoms with E-state index in [0.29, 0.717) is 11.3 Å². The SMILES string of the molecule is CCC(C)NCC(C)Sc1ncns1. The smallest absolute Gasteiger partial charge is 0.170 e. The van der Waals surface area contributed by atoms with Crippen molar-refractivity contribution < 1.29 is 0 Å². The molecule has 14 heavy (non-hydrogen) atoms. The molecule has 0 aliphatic rings. The minimum absolute atomic E-state index is 0.553. The van der Waals surface area contributed by atoms with Crippen LogP contribution in [-0.2, 0) is 0 Å². The maximum Gasteiger partial charge on any atom is 0.170 e. The minimum Gasteiger partial charge on any atom is -0.313 e. The quantitative estimate of drug-likeness (QED) is 0.763. The normalized spacial score (nSPS) is 15.4. The van der Waals surface area contributed by atoms with Crippen molar-refractivity contribution in [2.75, 3.05) is 6.54 Å². The third-order valence-corrected chi connectivity index (χ3v) is 3.86. The molecular formula is C9H17N3S2. The molecule has 0 fully saturated rings. The van der Waals surface area contributed by atoms with Crippen LogP contribution in [0.4, 0.5) is 0 Å². The molecule has 2 unspecified atom stereocenters. The maximum atomic E-state index is 4.15. The number of rotatable bonds is 6. The third-order valence-electron chi connectivity index (χ3n) is 2.01. The summed E-state index contributed by atoms with van der Waals surface area (Å²) >= 11 is 3.25. The number of nitrogens with one attached hydrogen (secondary N) is 1. The Kier molecular flexibility index (Phi) is 5.44. The molecule has 1 N–H and O–H groups in total. The third kappa shape index (κ3) is 4.39. The number of hydrogen-bond acceptors (Lipinski definition) is 5. The molecular weight excluding hydrogens is 214 g/mol. The van der Waals surface area contributed by atoms with Crippen molar-refractivity contribution in [2.24, 2.45) is 0 Å². The first-order valence-electron chi connectivity index (χ1n) is 4.89. The van der Waals surface area contributed by atoms with E-state index in [1.54, 1.807) is 18.1 Å². The van der Waals surface area contributed by atoms with Crippen LogP contribution in [0.15, 0.2) is 10.7 Å². The van der Waals surface area contributed by atoms with Crippen molar-refractivity contribution in [1.29, 1.82) is 0 Å². The summed E-state index contributed by atoms with van der Waals surface area (Å²) in [5, 5.41) is 4.03. The molecule has 0 saturated heterocycles. The summed E-state index contributed by atoms with van der Waals surface area (Å²) in [7, 11) is 0. The second kappa shape index (κ2) is 6.37. The van der Waals surface area contributed by atoms with Gasteiger partial charge in [0.1, 0.15) is 6.33 Å². The molecule has 1 aromatic heterocycles. The van der Waals surface area contributed by atoms with Crippen LogP contribution >= 0.6 is 23.3 Å². The Bertz CT molecular complexity index is 238. The summed E-state index contributed by atoms with van der Waals surface area (Å²) in [5.74, 6) is 0. The van der Waals surface area contributed by atoms with Gasteiger partial charge in [0.2, 0.25) is 0 Å². The molecule has 0 amide bonds. The lowest BCUT2D eigenvalue weighted by molar-refractivity contribution is 0.537. The number of hydrogen-bond donors (Lipinski definition) is 1. The van der Waals surface area contributed by atoms with E-state index in [2.05, 4.69) is 35.4 Å². The van der Waals surface area contributed by atoms with E-state index in [1.807, 2.05) is 0 Å². The summed E-state index contributed by atoms with van der Waals surface area (Å²) in [6.45, 7) is 7.64. The molecule has 1 rings (SSSR count). The summed E-state index contributed by atoms with van der Waals surface area (Å²) in [6, 6.07) is 0.604. The fraction of sp³-hybridized carbons (Fsp3) is 0.778. The molecule has 0 bridgehead atoms. The van der Waals surface area contributed by atoms with E-state index in [4.69, 9.17) is 0 Å². The van der Waals surface area contributed by atoms with E-state index in [-0.39, 0.29) is 0 Å². The highest BCUT2D eigenvalue weighted by atomic mass is 32.2. The lowest BCUT2D eigenvalue weighted by atomic mass is 10.2. The lowest BCUT2D eigenvalue weighted by Crippen LogP contribution is -2.30. The van der Waals surface area contributed by atoms with Gasteiger partial charge >= 0.3 is 0 Å². The minimum atomic E-state index is 0.553. The second-order valence-corrected chi connectivity index (χ2v) is 5.82. The highest BCUT2D eigenvalue weighted by molar-refractivity contribution is 8.01. The van der Waals surface area contributed by atoms with Crippen molar-refractivity contribution in [2.45, 2.75) is 42.8 Å². The first-order valence-corrected chi connectivity index (χ1v) is 6.54. The molecule has 5 heteroatoms. The van der Waals surface area contributed by atoms with Crippen molar-refractivity contribution in [3.8, 4) is 0 Å². The van der Waals surface area contributed by atoms with Crippen LogP contribution in [0.5, 0.6) is 0 Å². The Morgan fingerprint density at radius 2 is 2.36 bits per heavy atom. The monoisotopic (exact) mass is 231 g/mol. The van der Waals surface area contributed by atoms with Crippen LogP contribution in [0.25, 0.3) is 0 Å². The van der Waals surface area contributed by atoms with E-state index in [9.17, 15) is 0 Å². The highest BCUT2D eigenvalue weighted by Gasteiger charge is 2.07.